The van der Waals surface area contributed by atoms with Gasteiger partial charge in [-0.2, -0.15) is 0 Å². The van der Waals surface area contributed by atoms with Crippen molar-refractivity contribution in [2.45, 2.75) is 32.7 Å². The van der Waals surface area contributed by atoms with Crippen molar-refractivity contribution in [1.82, 2.24) is 5.32 Å². The van der Waals surface area contributed by atoms with Gasteiger partial charge >= 0.3 is 0 Å². The summed E-state index contributed by atoms with van der Waals surface area (Å²) in [4.78, 5) is 0. The molecule has 1 aromatic rings. The summed E-state index contributed by atoms with van der Waals surface area (Å²) >= 11 is 0. The van der Waals surface area contributed by atoms with Crippen molar-refractivity contribution in [2.75, 3.05) is 13.2 Å². The topological polar surface area (TPSA) is 21.3 Å². The Hall–Kier alpha value is -1.02. The number of hydrogen-bond donors (Lipinski definition) is 1. The molecule has 0 aromatic heterocycles. The van der Waals surface area contributed by atoms with Crippen LogP contribution in [0.1, 0.15) is 37.4 Å². The van der Waals surface area contributed by atoms with Crippen LogP contribution in [0.15, 0.2) is 18.2 Å². The first-order chi connectivity index (χ1) is 7.31. The highest BCUT2D eigenvalue weighted by atomic mass is 16.5. The van der Waals surface area contributed by atoms with Gasteiger partial charge in [-0.3, -0.25) is 0 Å². The molecule has 0 saturated carbocycles. The summed E-state index contributed by atoms with van der Waals surface area (Å²) in [6.07, 6.45) is 2.18. The number of nitrogens with one attached hydrogen (secondary N) is 1. The molecule has 15 heavy (non-hydrogen) atoms. The molecule has 2 heteroatoms. The molecule has 1 aliphatic heterocycles. The van der Waals surface area contributed by atoms with E-state index in [-0.39, 0.29) is 0 Å². The summed E-state index contributed by atoms with van der Waals surface area (Å²) in [6.45, 7) is 6.23. The standard InChI is InChI=1S/C13H19NO/c1-3-8-15-12-4-5-13-10(2)14-7-6-11(13)9-12/h4-5,9-10,14H,3,6-8H2,1-2H3. The number of hydrogen-bond acceptors (Lipinski definition) is 2. The lowest BCUT2D eigenvalue weighted by Crippen LogP contribution is -2.27. The first-order valence-corrected chi connectivity index (χ1v) is 5.80. The summed E-state index contributed by atoms with van der Waals surface area (Å²) in [5, 5.41) is 3.46. The van der Waals surface area contributed by atoms with Gasteiger partial charge in [0.2, 0.25) is 0 Å². The van der Waals surface area contributed by atoms with Crippen LogP contribution in [0.2, 0.25) is 0 Å². The molecule has 1 N–H and O–H groups in total. The van der Waals surface area contributed by atoms with Gasteiger partial charge in [-0.05, 0) is 49.6 Å². The molecule has 0 saturated heterocycles. The predicted molar refractivity (Wildman–Crippen MR) is 62.3 cm³/mol. The maximum atomic E-state index is 5.64. The van der Waals surface area contributed by atoms with E-state index in [1.807, 2.05) is 0 Å². The summed E-state index contributed by atoms with van der Waals surface area (Å²) in [7, 11) is 0. The lowest BCUT2D eigenvalue weighted by atomic mass is 9.95. The van der Waals surface area contributed by atoms with Crippen molar-refractivity contribution in [3.05, 3.63) is 29.3 Å². The highest BCUT2D eigenvalue weighted by Gasteiger charge is 2.15. The molecule has 82 valence electrons. The molecule has 1 heterocycles. The van der Waals surface area contributed by atoms with Crippen molar-refractivity contribution in [3.8, 4) is 5.75 Å². The zero-order valence-corrected chi connectivity index (χ0v) is 9.55. The van der Waals surface area contributed by atoms with E-state index in [0.717, 1.165) is 31.7 Å². The third-order valence-corrected chi connectivity index (χ3v) is 2.90. The molecule has 0 radical (unpaired) electrons. The fraction of sp³-hybridized carbons (Fsp3) is 0.538. The number of fused-ring (bicyclic) bond motifs is 1. The zero-order valence-electron chi connectivity index (χ0n) is 9.55. The van der Waals surface area contributed by atoms with Crippen molar-refractivity contribution < 1.29 is 4.74 Å². The van der Waals surface area contributed by atoms with Crippen LogP contribution in [0.3, 0.4) is 0 Å². The molecular formula is C13H19NO. The number of benzene rings is 1. The predicted octanol–water partition coefficient (Wildman–Crippen LogP) is 2.68. The fourth-order valence-corrected chi connectivity index (χ4v) is 2.06. The Kier molecular flexibility index (Phi) is 3.27. The second-order valence-electron chi connectivity index (χ2n) is 4.13. The van der Waals surface area contributed by atoms with E-state index in [4.69, 9.17) is 4.74 Å². The smallest absolute Gasteiger partial charge is 0.119 e. The van der Waals surface area contributed by atoms with Crippen molar-refractivity contribution in [3.63, 3.8) is 0 Å². The summed E-state index contributed by atoms with van der Waals surface area (Å²) in [5.74, 6) is 1.02. The molecule has 1 aliphatic rings. The van der Waals surface area contributed by atoms with E-state index in [2.05, 4.69) is 37.4 Å². The fourth-order valence-electron chi connectivity index (χ4n) is 2.06. The summed E-state index contributed by atoms with van der Waals surface area (Å²) < 4.78 is 5.64. The third kappa shape index (κ3) is 2.32. The van der Waals surface area contributed by atoms with E-state index >= 15 is 0 Å². The number of rotatable bonds is 3. The van der Waals surface area contributed by atoms with Crippen molar-refractivity contribution >= 4 is 0 Å². The van der Waals surface area contributed by atoms with E-state index in [1.54, 1.807) is 0 Å². The summed E-state index contributed by atoms with van der Waals surface area (Å²) in [5.41, 5.74) is 2.86. The average molecular weight is 205 g/mol. The monoisotopic (exact) mass is 205 g/mol. The lowest BCUT2D eigenvalue weighted by Gasteiger charge is -2.24. The summed E-state index contributed by atoms with van der Waals surface area (Å²) in [6, 6.07) is 6.95. The Morgan fingerprint density at radius 3 is 3.13 bits per heavy atom. The van der Waals surface area contributed by atoms with Crippen LogP contribution in [-0.4, -0.2) is 13.2 Å². The second kappa shape index (κ2) is 4.67. The highest BCUT2D eigenvalue weighted by Crippen LogP contribution is 2.26. The average Bonchev–Trinajstić information content (AvgIpc) is 2.26. The second-order valence-corrected chi connectivity index (χ2v) is 4.13. The minimum absolute atomic E-state index is 0.481. The highest BCUT2D eigenvalue weighted by molar-refractivity contribution is 5.38. The molecular weight excluding hydrogens is 186 g/mol. The largest absolute Gasteiger partial charge is 0.494 e. The molecule has 0 fully saturated rings. The van der Waals surface area contributed by atoms with Gasteiger partial charge in [0.05, 0.1) is 6.61 Å². The van der Waals surface area contributed by atoms with E-state index in [9.17, 15) is 0 Å². The van der Waals surface area contributed by atoms with Gasteiger partial charge in [-0.1, -0.05) is 13.0 Å². The maximum absolute atomic E-state index is 5.64. The van der Waals surface area contributed by atoms with E-state index in [0.29, 0.717) is 6.04 Å². The minimum Gasteiger partial charge on any atom is -0.494 e. The molecule has 0 bridgehead atoms. The Morgan fingerprint density at radius 2 is 2.33 bits per heavy atom. The van der Waals surface area contributed by atoms with Gasteiger partial charge in [0.25, 0.3) is 0 Å². The maximum Gasteiger partial charge on any atom is 0.119 e. The Balaban J connectivity index is 2.18. The first-order valence-electron chi connectivity index (χ1n) is 5.80. The van der Waals surface area contributed by atoms with E-state index < -0.39 is 0 Å². The molecule has 2 nitrogen and oxygen atoms in total. The molecule has 0 aliphatic carbocycles. The first kappa shape index (κ1) is 10.5. The lowest BCUT2D eigenvalue weighted by molar-refractivity contribution is 0.316. The van der Waals surface area contributed by atoms with Crippen LogP contribution in [0.25, 0.3) is 0 Å². The Morgan fingerprint density at radius 1 is 1.47 bits per heavy atom. The van der Waals surface area contributed by atoms with Crippen molar-refractivity contribution in [1.29, 1.82) is 0 Å². The molecule has 1 unspecified atom stereocenters. The van der Waals surface area contributed by atoms with Crippen LogP contribution in [0, 0.1) is 0 Å². The molecule has 0 amide bonds. The molecule has 2 rings (SSSR count). The van der Waals surface area contributed by atoms with Crippen LogP contribution in [0.5, 0.6) is 5.75 Å². The minimum atomic E-state index is 0.481. The number of ether oxygens (including phenoxy) is 1. The Bertz CT molecular complexity index is 335. The van der Waals surface area contributed by atoms with Gasteiger partial charge in [-0.25, -0.2) is 0 Å². The SMILES string of the molecule is CCCOc1ccc2c(c1)CCNC2C. The third-order valence-electron chi connectivity index (χ3n) is 2.90. The van der Waals surface area contributed by atoms with Crippen LogP contribution >= 0.6 is 0 Å². The van der Waals surface area contributed by atoms with Gasteiger partial charge in [0, 0.05) is 6.04 Å². The van der Waals surface area contributed by atoms with Crippen LogP contribution in [-0.2, 0) is 6.42 Å². The van der Waals surface area contributed by atoms with Crippen LogP contribution < -0.4 is 10.1 Å². The quantitative estimate of drug-likeness (QED) is 0.819. The molecule has 1 atom stereocenters. The van der Waals surface area contributed by atoms with Gasteiger partial charge < -0.3 is 10.1 Å². The normalized spacial score (nSPS) is 19.7. The van der Waals surface area contributed by atoms with Gasteiger partial charge in [0.15, 0.2) is 0 Å². The van der Waals surface area contributed by atoms with Gasteiger partial charge in [0.1, 0.15) is 5.75 Å². The molecule has 0 spiro atoms. The zero-order chi connectivity index (χ0) is 10.7. The molecule has 1 aromatic carbocycles. The van der Waals surface area contributed by atoms with Crippen molar-refractivity contribution in [2.24, 2.45) is 0 Å². The Labute approximate surface area is 91.6 Å². The van der Waals surface area contributed by atoms with E-state index in [1.165, 1.54) is 11.1 Å². The van der Waals surface area contributed by atoms with Crippen LogP contribution in [0.4, 0.5) is 0 Å². The van der Waals surface area contributed by atoms with Gasteiger partial charge in [-0.15, -0.1) is 0 Å².